The van der Waals surface area contributed by atoms with Crippen LogP contribution in [0.5, 0.6) is 5.75 Å². The molecule has 0 N–H and O–H groups in total. The second kappa shape index (κ2) is 4.23. The second-order valence-corrected chi connectivity index (χ2v) is 4.31. The molecular weight excluding hydrogens is 212 g/mol. The van der Waals surface area contributed by atoms with E-state index in [0.717, 1.165) is 36.0 Å². The molecule has 1 aliphatic heterocycles. The van der Waals surface area contributed by atoms with Crippen LogP contribution in [-0.2, 0) is 17.6 Å². The number of hydrogen-bond acceptors (Lipinski definition) is 2. The summed E-state index contributed by atoms with van der Waals surface area (Å²) in [4.78, 5) is 10.3. The van der Waals surface area contributed by atoms with Gasteiger partial charge in [-0.3, -0.25) is 0 Å². The second-order valence-electron chi connectivity index (χ2n) is 3.90. The maximum atomic E-state index is 10.3. The van der Waals surface area contributed by atoms with Crippen molar-refractivity contribution < 1.29 is 9.53 Å². The minimum absolute atomic E-state index is 0.207. The van der Waals surface area contributed by atoms with Crippen LogP contribution in [0.3, 0.4) is 0 Å². The quantitative estimate of drug-likeness (QED) is 0.738. The summed E-state index contributed by atoms with van der Waals surface area (Å²) in [6.07, 6.45) is 3.35. The van der Waals surface area contributed by atoms with E-state index in [1.54, 1.807) is 0 Å². The van der Waals surface area contributed by atoms with Gasteiger partial charge in [0.05, 0.1) is 5.02 Å². The number of hydrogen-bond donors (Lipinski definition) is 0. The molecule has 80 valence electrons. The number of aldehydes is 1. The highest BCUT2D eigenvalue weighted by atomic mass is 35.5. The smallest absolute Gasteiger partial charge is 0.141 e. The largest absolute Gasteiger partial charge is 0.489 e. The van der Waals surface area contributed by atoms with Crippen molar-refractivity contribution in [3.8, 4) is 5.75 Å². The minimum Gasteiger partial charge on any atom is -0.489 e. The number of carbonyl (C=O) groups is 1. The Labute approximate surface area is 94.2 Å². The van der Waals surface area contributed by atoms with Gasteiger partial charge < -0.3 is 9.53 Å². The fourth-order valence-corrected chi connectivity index (χ4v) is 2.22. The van der Waals surface area contributed by atoms with Crippen molar-refractivity contribution in [3.05, 3.63) is 28.3 Å². The summed E-state index contributed by atoms with van der Waals surface area (Å²) >= 11 is 6.11. The third kappa shape index (κ3) is 2.15. The molecule has 0 aliphatic carbocycles. The Balaban J connectivity index is 2.27. The summed E-state index contributed by atoms with van der Waals surface area (Å²) in [6.45, 7) is 2.03. The van der Waals surface area contributed by atoms with E-state index >= 15 is 0 Å². The Morgan fingerprint density at radius 1 is 1.60 bits per heavy atom. The van der Waals surface area contributed by atoms with Crippen LogP contribution in [0.2, 0.25) is 5.02 Å². The van der Waals surface area contributed by atoms with Crippen molar-refractivity contribution in [2.75, 3.05) is 0 Å². The predicted molar refractivity (Wildman–Crippen MR) is 59.6 cm³/mol. The van der Waals surface area contributed by atoms with E-state index in [1.165, 1.54) is 0 Å². The zero-order valence-electron chi connectivity index (χ0n) is 8.63. The summed E-state index contributed by atoms with van der Waals surface area (Å²) < 4.78 is 5.60. The third-order valence-electron chi connectivity index (χ3n) is 2.56. The predicted octanol–water partition coefficient (Wildman–Crippen LogP) is 2.79. The lowest BCUT2D eigenvalue weighted by molar-refractivity contribution is -0.107. The molecule has 0 saturated heterocycles. The molecule has 2 nitrogen and oxygen atoms in total. The zero-order chi connectivity index (χ0) is 10.8. The molecule has 1 heterocycles. The molecule has 3 heteroatoms. The van der Waals surface area contributed by atoms with Crippen molar-refractivity contribution in [1.29, 1.82) is 0 Å². The van der Waals surface area contributed by atoms with Crippen LogP contribution < -0.4 is 4.74 Å². The maximum Gasteiger partial charge on any atom is 0.141 e. The Hall–Kier alpha value is -1.02. The molecule has 0 amide bonds. The normalized spacial score (nSPS) is 18.4. The first-order valence-electron chi connectivity index (χ1n) is 5.12. The average molecular weight is 225 g/mol. The van der Waals surface area contributed by atoms with Gasteiger partial charge in [-0.15, -0.1) is 0 Å². The molecule has 1 unspecified atom stereocenters. The number of ether oxygens (including phenoxy) is 1. The van der Waals surface area contributed by atoms with E-state index in [2.05, 4.69) is 6.07 Å². The van der Waals surface area contributed by atoms with Gasteiger partial charge in [-0.05, 0) is 30.5 Å². The Kier molecular flexibility index (Phi) is 2.96. The van der Waals surface area contributed by atoms with Gasteiger partial charge >= 0.3 is 0 Å². The number of rotatable bonds is 3. The van der Waals surface area contributed by atoms with Gasteiger partial charge in [-0.1, -0.05) is 17.7 Å². The number of halogens is 1. The van der Waals surface area contributed by atoms with Crippen LogP contribution in [0.1, 0.15) is 24.5 Å². The van der Waals surface area contributed by atoms with Gasteiger partial charge in [0.15, 0.2) is 0 Å². The van der Waals surface area contributed by atoms with Gasteiger partial charge in [0, 0.05) is 12.8 Å². The first kappa shape index (κ1) is 10.5. The van der Waals surface area contributed by atoms with E-state index in [9.17, 15) is 4.79 Å². The number of aryl methyl sites for hydroxylation is 1. The SMILES string of the molecule is CC1Cc2cc(CCC=O)cc(Cl)c2O1. The number of benzene rings is 1. The van der Waals surface area contributed by atoms with Crippen LogP contribution in [-0.4, -0.2) is 12.4 Å². The zero-order valence-corrected chi connectivity index (χ0v) is 9.38. The summed E-state index contributed by atoms with van der Waals surface area (Å²) in [7, 11) is 0. The van der Waals surface area contributed by atoms with Crippen molar-refractivity contribution >= 4 is 17.9 Å². The van der Waals surface area contributed by atoms with Crippen LogP contribution in [0.25, 0.3) is 0 Å². The Bertz CT molecular complexity index is 387. The van der Waals surface area contributed by atoms with Gasteiger partial charge in [-0.2, -0.15) is 0 Å². The molecule has 2 rings (SSSR count). The van der Waals surface area contributed by atoms with Crippen molar-refractivity contribution in [2.24, 2.45) is 0 Å². The Morgan fingerprint density at radius 2 is 2.40 bits per heavy atom. The summed E-state index contributed by atoms with van der Waals surface area (Å²) in [5.41, 5.74) is 2.28. The van der Waals surface area contributed by atoms with E-state index in [-0.39, 0.29) is 6.10 Å². The molecule has 0 fully saturated rings. The van der Waals surface area contributed by atoms with Gasteiger partial charge in [0.25, 0.3) is 0 Å². The summed E-state index contributed by atoms with van der Waals surface area (Å²) in [5.74, 6) is 0.819. The summed E-state index contributed by atoms with van der Waals surface area (Å²) in [6, 6.07) is 3.98. The number of fused-ring (bicyclic) bond motifs is 1. The van der Waals surface area contributed by atoms with Crippen molar-refractivity contribution in [3.63, 3.8) is 0 Å². The molecule has 1 aliphatic rings. The molecule has 0 bridgehead atoms. The lowest BCUT2D eigenvalue weighted by atomic mass is 10.0. The molecule has 1 atom stereocenters. The van der Waals surface area contributed by atoms with Crippen LogP contribution in [0.4, 0.5) is 0 Å². The first-order chi connectivity index (χ1) is 7.20. The van der Waals surface area contributed by atoms with Crippen molar-refractivity contribution in [1.82, 2.24) is 0 Å². The Morgan fingerprint density at radius 3 is 3.13 bits per heavy atom. The van der Waals surface area contributed by atoms with Crippen molar-refractivity contribution in [2.45, 2.75) is 32.3 Å². The standard InChI is InChI=1S/C12H13ClO2/c1-8-5-10-6-9(3-2-4-14)7-11(13)12(10)15-8/h4,6-8H,2-3,5H2,1H3. The van der Waals surface area contributed by atoms with Gasteiger partial charge in [-0.25, -0.2) is 0 Å². The highest BCUT2D eigenvalue weighted by Crippen LogP contribution is 2.37. The first-order valence-corrected chi connectivity index (χ1v) is 5.50. The topological polar surface area (TPSA) is 26.3 Å². The molecule has 0 saturated carbocycles. The van der Waals surface area contributed by atoms with Crippen LogP contribution in [0.15, 0.2) is 12.1 Å². The molecule has 15 heavy (non-hydrogen) atoms. The highest BCUT2D eigenvalue weighted by Gasteiger charge is 2.22. The van der Waals surface area contributed by atoms with Gasteiger partial charge in [0.1, 0.15) is 18.1 Å². The van der Waals surface area contributed by atoms with Crippen LogP contribution in [0, 0.1) is 0 Å². The molecule has 0 spiro atoms. The molecule has 1 aromatic carbocycles. The number of carbonyl (C=O) groups excluding carboxylic acids is 1. The lowest BCUT2D eigenvalue weighted by Gasteiger charge is -2.06. The third-order valence-corrected chi connectivity index (χ3v) is 2.84. The highest BCUT2D eigenvalue weighted by molar-refractivity contribution is 6.32. The monoisotopic (exact) mass is 224 g/mol. The van der Waals surface area contributed by atoms with E-state index in [1.807, 2.05) is 13.0 Å². The average Bonchev–Trinajstić information content (AvgIpc) is 2.56. The van der Waals surface area contributed by atoms with E-state index in [0.29, 0.717) is 11.4 Å². The van der Waals surface area contributed by atoms with E-state index in [4.69, 9.17) is 16.3 Å². The van der Waals surface area contributed by atoms with Gasteiger partial charge in [0.2, 0.25) is 0 Å². The molecule has 0 radical (unpaired) electrons. The van der Waals surface area contributed by atoms with Crippen LogP contribution >= 0.6 is 11.6 Å². The lowest BCUT2D eigenvalue weighted by Crippen LogP contribution is -2.05. The summed E-state index contributed by atoms with van der Waals surface area (Å²) in [5, 5.41) is 0.665. The fraction of sp³-hybridized carbons (Fsp3) is 0.417. The minimum atomic E-state index is 0.207. The molecular formula is C12H13ClO2. The fourth-order valence-electron chi connectivity index (χ4n) is 1.92. The molecule has 0 aromatic heterocycles. The maximum absolute atomic E-state index is 10.3. The molecule has 1 aromatic rings. The van der Waals surface area contributed by atoms with E-state index < -0.39 is 0 Å².